The molecule has 21 heavy (non-hydrogen) atoms. The standard InChI is InChI=1S/C14H19NO5S/c1-5-19-13(17)9-7-10(8(3)4)21-12(9)15-11(16)14(18)20-6-2/h7-8H,5-6H2,1-4H3,(H,15,16). The van der Waals surface area contributed by atoms with Crippen LogP contribution in [-0.2, 0) is 19.1 Å². The zero-order chi connectivity index (χ0) is 16.0. The predicted octanol–water partition coefficient (Wildman–Crippen LogP) is 2.55. The highest BCUT2D eigenvalue weighted by atomic mass is 32.1. The Kier molecular flexibility index (Phi) is 6.36. The third-order valence-electron chi connectivity index (χ3n) is 2.50. The van der Waals surface area contributed by atoms with Gasteiger partial charge in [0.2, 0.25) is 0 Å². The second-order valence-corrected chi connectivity index (χ2v) is 5.53. The maximum atomic E-state index is 11.9. The molecule has 1 aromatic heterocycles. The quantitative estimate of drug-likeness (QED) is 0.667. The molecule has 0 unspecified atom stereocenters. The number of hydrogen-bond acceptors (Lipinski definition) is 6. The Balaban J connectivity index is 3.01. The molecule has 0 aliphatic rings. The minimum absolute atomic E-state index is 0.110. The van der Waals surface area contributed by atoms with Crippen LogP contribution in [0.4, 0.5) is 5.00 Å². The Hall–Kier alpha value is -1.89. The number of hydrogen-bond donors (Lipinski definition) is 1. The molecule has 0 radical (unpaired) electrons. The highest BCUT2D eigenvalue weighted by Crippen LogP contribution is 2.33. The van der Waals surface area contributed by atoms with E-state index in [0.717, 1.165) is 4.88 Å². The Morgan fingerprint density at radius 2 is 1.81 bits per heavy atom. The number of ether oxygens (including phenoxy) is 2. The highest BCUT2D eigenvalue weighted by Gasteiger charge is 2.23. The molecule has 0 aromatic carbocycles. The Morgan fingerprint density at radius 1 is 1.19 bits per heavy atom. The van der Waals surface area contributed by atoms with Crippen molar-refractivity contribution in [1.29, 1.82) is 0 Å². The largest absolute Gasteiger partial charge is 0.462 e. The molecular weight excluding hydrogens is 294 g/mol. The van der Waals surface area contributed by atoms with Crippen molar-refractivity contribution in [2.45, 2.75) is 33.6 Å². The molecule has 0 aliphatic heterocycles. The zero-order valence-electron chi connectivity index (χ0n) is 12.5. The van der Waals surface area contributed by atoms with Gasteiger partial charge in [-0.2, -0.15) is 0 Å². The van der Waals surface area contributed by atoms with E-state index < -0.39 is 17.8 Å². The van der Waals surface area contributed by atoms with Crippen LogP contribution in [-0.4, -0.2) is 31.1 Å². The molecule has 7 heteroatoms. The second kappa shape index (κ2) is 7.78. The molecule has 1 rings (SSSR count). The first-order valence-corrected chi connectivity index (χ1v) is 7.51. The molecule has 0 fully saturated rings. The molecule has 0 spiro atoms. The van der Waals surface area contributed by atoms with Crippen LogP contribution in [0.25, 0.3) is 0 Å². The number of anilines is 1. The number of esters is 2. The third-order valence-corrected chi connectivity index (χ3v) is 3.85. The van der Waals surface area contributed by atoms with Gasteiger partial charge in [0, 0.05) is 4.88 Å². The number of nitrogens with one attached hydrogen (secondary N) is 1. The van der Waals surface area contributed by atoms with E-state index >= 15 is 0 Å². The number of rotatable bonds is 5. The van der Waals surface area contributed by atoms with Gasteiger partial charge in [-0.05, 0) is 25.8 Å². The fraction of sp³-hybridized carbons (Fsp3) is 0.500. The fourth-order valence-electron chi connectivity index (χ4n) is 1.50. The third kappa shape index (κ3) is 4.56. The summed E-state index contributed by atoms with van der Waals surface area (Å²) in [7, 11) is 0. The van der Waals surface area contributed by atoms with E-state index in [9.17, 15) is 14.4 Å². The minimum atomic E-state index is -0.980. The van der Waals surface area contributed by atoms with Gasteiger partial charge in [0.25, 0.3) is 0 Å². The van der Waals surface area contributed by atoms with Crippen LogP contribution >= 0.6 is 11.3 Å². The van der Waals surface area contributed by atoms with Crippen LogP contribution in [0.5, 0.6) is 0 Å². The molecule has 0 bridgehead atoms. The maximum absolute atomic E-state index is 11.9. The summed E-state index contributed by atoms with van der Waals surface area (Å²) in [6.07, 6.45) is 0. The average molecular weight is 313 g/mol. The van der Waals surface area contributed by atoms with Gasteiger partial charge in [-0.25, -0.2) is 9.59 Å². The lowest BCUT2D eigenvalue weighted by molar-refractivity contribution is -0.152. The summed E-state index contributed by atoms with van der Waals surface area (Å²) in [6, 6.07) is 1.67. The van der Waals surface area contributed by atoms with Crippen LogP contribution < -0.4 is 5.32 Å². The molecule has 0 atom stereocenters. The SMILES string of the molecule is CCOC(=O)C(=O)Nc1sc(C(C)C)cc1C(=O)OCC. The zero-order valence-corrected chi connectivity index (χ0v) is 13.3. The monoisotopic (exact) mass is 313 g/mol. The van der Waals surface area contributed by atoms with Crippen molar-refractivity contribution >= 4 is 34.2 Å². The van der Waals surface area contributed by atoms with Crippen molar-refractivity contribution in [1.82, 2.24) is 0 Å². The normalized spacial score (nSPS) is 10.3. The fourth-order valence-corrected chi connectivity index (χ4v) is 2.54. The van der Waals surface area contributed by atoms with Crippen molar-refractivity contribution < 1.29 is 23.9 Å². The van der Waals surface area contributed by atoms with Crippen LogP contribution in [0.1, 0.15) is 48.8 Å². The van der Waals surface area contributed by atoms with E-state index in [1.165, 1.54) is 11.3 Å². The van der Waals surface area contributed by atoms with E-state index in [0.29, 0.717) is 5.00 Å². The first kappa shape index (κ1) is 17.2. The summed E-state index contributed by atoms with van der Waals surface area (Å²) >= 11 is 1.25. The summed E-state index contributed by atoms with van der Waals surface area (Å²) in [4.78, 5) is 35.8. The van der Waals surface area contributed by atoms with Crippen molar-refractivity contribution in [2.75, 3.05) is 18.5 Å². The first-order chi connectivity index (χ1) is 9.90. The van der Waals surface area contributed by atoms with Gasteiger partial charge < -0.3 is 14.8 Å². The first-order valence-electron chi connectivity index (χ1n) is 6.69. The number of thiophene rings is 1. The van der Waals surface area contributed by atoms with Gasteiger partial charge in [-0.3, -0.25) is 4.79 Å². The minimum Gasteiger partial charge on any atom is -0.462 e. The summed E-state index contributed by atoms with van der Waals surface area (Å²) in [5.41, 5.74) is 0.253. The molecule has 1 N–H and O–H groups in total. The molecule has 1 aromatic rings. The lowest BCUT2D eigenvalue weighted by Gasteiger charge is -2.05. The number of carbonyl (C=O) groups excluding carboxylic acids is 3. The Bertz CT molecular complexity index is 535. The summed E-state index contributed by atoms with van der Waals surface area (Å²) in [5.74, 6) is -2.22. The van der Waals surface area contributed by atoms with Crippen molar-refractivity contribution in [3.05, 3.63) is 16.5 Å². The molecule has 1 heterocycles. The molecular formula is C14H19NO5S. The summed E-state index contributed by atoms with van der Waals surface area (Å²) in [6.45, 7) is 7.59. The van der Waals surface area contributed by atoms with E-state index in [1.807, 2.05) is 13.8 Å². The number of amides is 1. The van der Waals surface area contributed by atoms with Gasteiger partial charge in [0.15, 0.2) is 0 Å². The van der Waals surface area contributed by atoms with Crippen LogP contribution in [0.15, 0.2) is 6.07 Å². The molecule has 1 amide bonds. The smallest absolute Gasteiger partial charge is 0.397 e. The Morgan fingerprint density at radius 3 is 2.33 bits per heavy atom. The summed E-state index contributed by atoms with van der Waals surface area (Å²) in [5, 5.41) is 2.72. The van der Waals surface area contributed by atoms with Crippen LogP contribution in [0.2, 0.25) is 0 Å². The molecule has 0 saturated heterocycles. The van der Waals surface area contributed by atoms with E-state index in [2.05, 4.69) is 10.1 Å². The number of carbonyl (C=O) groups is 3. The van der Waals surface area contributed by atoms with E-state index in [1.54, 1.807) is 19.9 Å². The van der Waals surface area contributed by atoms with Crippen molar-refractivity contribution in [3.63, 3.8) is 0 Å². The van der Waals surface area contributed by atoms with Crippen LogP contribution in [0.3, 0.4) is 0 Å². The van der Waals surface area contributed by atoms with E-state index in [4.69, 9.17) is 4.74 Å². The second-order valence-electron chi connectivity index (χ2n) is 4.44. The van der Waals surface area contributed by atoms with Crippen LogP contribution in [0, 0.1) is 0 Å². The lowest BCUT2D eigenvalue weighted by atomic mass is 10.1. The lowest BCUT2D eigenvalue weighted by Crippen LogP contribution is -2.25. The summed E-state index contributed by atoms with van der Waals surface area (Å²) < 4.78 is 9.57. The molecule has 0 saturated carbocycles. The highest BCUT2D eigenvalue weighted by molar-refractivity contribution is 7.16. The molecule has 0 aliphatic carbocycles. The maximum Gasteiger partial charge on any atom is 0.397 e. The Labute approximate surface area is 127 Å². The van der Waals surface area contributed by atoms with Gasteiger partial charge >= 0.3 is 17.8 Å². The molecule has 6 nitrogen and oxygen atoms in total. The van der Waals surface area contributed by atoms with Gasteiger partial charge in [-0.15, -0.1) is 11.3 Å². The van der Waals surface area contributed by atoms with Crippen molar-refractivity contribution in [2.24, 2.45) is 0 Å². The molecule has 116 valence electrons. The van der Waals surface area contributed by atoms with E-state index in [-0.39, 0.29) is 24.7 Å². The van der Waals surface area contributed by atoms with Crippen molar-refractivity contribution in [3.8, 4) is 0 Å². The van der Waals surface area contributed by atoms with Gasteiger partial charge in [-0.1, -0.05) is 13.8 Å². The average Bonchev–Trinajstić information content (AvgIpc) is 2.83. The topological polar surface area (TPSA) is 81.7 Å². The predicted molar refractivity (Wildman–Crippen MR) is 79.6 cm³/mol. The van der Waals surface area contributed by atoms with Gasteiger partial charge in [0.1, 0.15) is 5.00 Å². The van der Waals surface area contributed by atoms with Gasteiger partial charge in [0.05, 0.1) is 18.8 Å².